The lowest BCUT2D eigenvalue weighted by Crippen LogP contribution is -2.27. The van der Waals surface area contributed by atoms with Gasteiger partial charge in [0.1, 0.15) is 12.3 Å². The third-order valence-electron chi connectivity index (χ3n) is 2.56. The number of rotatable bonds is 4. The maximum atomic E-state index is 11.3. The van der Waals surface area contributed by atoms with Gasteiger partial charge in [0.05, 0.1) is 17.9 Å². The zero-order valence-electron chi connectivity index (χ0n) is 9.93. The van der Waals surface area contributed by atoms with Crippen LogP contribution in [0.3, 0.4) is 0 Å². The number of aryl methyl sites for hydroxylation is 1. The third-order valence-corrected chi connectivity index (χ3v) is 2.56. The Kier molecular flexibility index (Phi) is 3.39. The molecule has 2 aromatic rings. The van der Waals surface area contributed by atoms with Crippen LogP contribution in [0.25, 0.3) is 5.65 Å². The van der Waals surface area contributed by atoms with Gasteiger partial charge in [-0.15, -0.1) is 0 Å². The van der Waals surface area contributed by atoms with Crippen LogP contribution in [0.2, 0.25) is 0 Å². The fraction of sp³-hybridized carbons (Fsp3) is 0.333. The lowest BCUT2D eigenvalue weighted by atomic mass is 10.3. The number of methoxy groups -OCH3 is 1. The number of fused-ring (bicyclic) bond motifs is 1. The van der Waals surface area contributed by atoms with E-state index in [9.17, 15) is 4.79 Å². The van der Waals surface area contributed by atoms with Gasteiger partial charge in [-0.05, 0) is 19.1 Å². The van der Waals surface area contributed by atoms with Gasteiger partial charge in [0, 0.05) is 13.3 Å². The van der Waals surface area contributed by atoms with Crippen LogP contribution >= 0.6 is 0 Å². The van der Waals surface area contributed by atoms with E-state index in [0.717, 1.165) is 17.0 Å². The van der Waals surface area contributed by atoms with E-state index in [1.165, 1.54) is 7.11 Å². The first-order chi connectivity index (χ1) is 8.22. The molecule has 90 valence electrons. The molecule has 0 aliphatic carbocycles. The molecule has 0 aliphatic rings. The van der Waals surface area contributed by atoms with Crippen molar-refractivity contribution in [2.45, 2.75) is 13.5 Å². The fourth-order valence-corrected chi connectivity index (χ4v) is 1.74. The zero-order chi connectivity index (χ0) is 12.3. The largest absolute Gasteiger partial charge is 0.375 e. The Morgan fingerprint density at radius 3 is 3.12 bits per heavy atom. The maximum Gasteiger partial charge on any atom is 0.246 e. The first kappa shape index (κ1) is 11.6. The van der Waals surface area contributed by atoms with Gasteiger partial charge >= 0.3 is 0 Å². The normalized spacial score (nSPS) is 10.7. The number of imidazole rings is 1. The van der Waals surface area contributed by atoms with E-state index in [1.54, 1.807) is 0 Å². The number of nitrogens with zero attached hydrogens (tertiary/aromatic N) is 2. The number of hydrogen-bond donors (Lipinski definition) is 1. The van der Waals surface area contributed by atoms with Crippen molar-refractivity contribution in [3.8, 4) is 0 Å². The summed E-state index contributed by atoms with van der Waals surface area (Å²) in [5.41, 5.74) is 2.81. The van der Waals surface area contributed by atoms with Gasteiger partial charge in [0.25, 0.3) is 0 Å². The number of carbonyl (C=O) groups excluding carboxylic acids is 1. The topological polar surface area (TPSA) is 55.6 Å². The molecule has 0 fully saturated rings. The Balaban J connectivity index is 2.18. The van der Waals surface area contributed by atoms with Crippen molar-refractivity contribution in [2.24, 2.45) is 0 Å². The van der Waals surface area contributed by atoms with Gasteiger partial charge in [0.2, 0.25) is 5.91 Å². The zero-order valence-corrected chi connectivity index (χ0v) is 9.93. The van der Waals surface area contributed by atoms with E-state index >= 15 is 0 Å². The van der Waals surface area contributed by atoms with Crippen molar-refractivity contribution in [2.75, 3.05) is 13.7 Å². The van der Waals surface area contributed by atoms with Crippen molar-refractivity contribution in [1.82, 2.24) is 14.7 Å². The van der Waals surface area contributed by atoms with E-state index in [4.69, 9.17) is 4.74 Å². The van der Waals surface area contributed by atoms with Gasteiger partial charge in [-0.3, -0.25) is 4.79 Å². The molecule has 0 bridgehead atoms. The number of pyridine rings is 1. The van der Waals surface area contributed by atoms with Crippen LogP contribution < -0.4 is 5.32 Å². The second-order valence-corrected chi connectivity index (χ2v) is 3.78. The molecule has 0 unspecified atom stereocenters. The number of nitrogens with one attached hydrogen (secondary N) is 1. The quantitative estimate of drug-likeness (QED) is 0.853. The standard InChI is InChI=1S/C12H15N3O2/c1-9-10(7-13-12(16)8-17-2)15-6-4-3-5-11(15)14-9/h3-6H,7-8H2,1-2H3,(H,13,16). The van der Waals surface area contributed by atoms with Crippen LogP contribution in [-0.4, -0.2) is 29.0 Å². The summed E-state index contributed by atoms with van der Waals surface area (Å²) in [5, 5.41) is 2.79. The Labute approximate surface area is 99.4 Å². The Morgan fingerprint density at radius 2 is 2.35 bits per heavy atom. The smallest absolute Gasteiger partial charge is 0.246 e. The second-order valence-electron chi connectivity index (χ2n) is 3.78. The van der Waals surface area contributed by atoms with Gasteiger partial charge in [-0.1, -0.05) is 6.07 Å². The highest BCUT2D eigenvalue weighted by molar-refractivity contribution is 5.77. The minimum atomic E-state index is -0.127. The summed E-state index contributed by atoms with van der Waals surface area (Å²) in [5.74, 6) is -0.127. The molecule has 5 heteroatoms. The number of hydrogen-bond acceptors (Lipinski definition) is 3. The molecule has 1 N–H and O–H groups in total. The molecular formula is C12H15N3O2. The van der Waals surface area contributed by atoms with E-state index in [-0.39, 0.29) is 12.5 Å². The van der Waals surface area contributed by atoms with Crippen LogP contribution in [0.4, 0.5) is 0 Å². The van der Waals surface area contributed by atoms with Crippen LogP contribution in [-0.2, 0) is 16.1 Å². The van der Waals surface area contributed by atoms with E-state index in [0.29, 0.717) is 6.54 Å². The predicted octanol–water partition coefficient (Wildman–Crippen LogP) is 0.905. The number of amides is 1. The molecular weight excluding hydrogens is 218 g/mol. The minimum absolute atomic E-state index is 0.0792. The average Bonchev–Trinajstić information content (AvgIpc) is 2.62. The highest BCUT2D eigenvalue weighted by Crippen LogP contribution is 2.11. The molecule has 0 saturated heterocycles. The lowest BCUT2D eigenvalue weighted by Gasteiger charge is -2.05. The minimum Gasteiger partial charge on any atom is -0.375 e. The highest BCUT2D eigenvalue weighted by atomic mass is 16.5. The fourth-order valence-electron chi connectivity index (χ4n) is 1.74. The summed E-state index contributed by atoms with van der Waals surface area (Å²) in [6.45, 7) is 2.47. The summed E-state index contributed by atoms with van der Waals surface area (Å²) in [6.07, 6.45) is 1.94. The van der Waals surface area contributed by atoms with E-state index in [1.807, 2.05) is 35.7 Å². The van der Waals surface area contributed by atoms with Crippen molar-refractivity contribution in [3.05, 3.63) is 35.8 Å². The highest BCUT2D eigenvalue weighted by Gasteiger charge is 2.08. The van der Waals surface area contributed by atoms with Gasteiger partial charge in [0.15, 0.2) is 0 Å². The average molecular weight is 233 g/mol. The van der Waals surface area contributed by atoms with Gasteiger partial charge in [-0.2, -0.15) is 0 Å². The molecule has 0 aliphatic heterocycles. The van der Waals surface area contributed by atoms with Crippen molar-refractivity contribution >= 4 is 11.6 Å². The summed E-state index contributed by atoms with van der Waals surface area (Å²) >= 11 is 0. The molecule has 0 radical (unpaired) electrons. The first-order valence-electron chi connectivity index (χ1n) is 5.40. The summed E-state index contributed by atoms with van der Waals surface area (Å²) in [4.78, 5) is 15.7. The predicted molar refractivity (Wildman–Crippen MR) is 63.7 cm³/mol. The third kappa shape index (κ3) is 2.45. The van der Waals surface area contributed by atoms with Crippen molar-refractivity contribution in [3.63, 3.8) is 0 Å². The van der Waals surface area contributed by atoms with Crippen molar-refractivity contribution in [1.29, 1.82) is 0 Å². The summed E-state index contributed by atoms with van der Waals surface area (Å²) in [6, 6.07) is 5.82. The number of carbonyl (C=O) groups is 1. The number of aromatic nitrogens is 2. The van der Waals surface area contributed by atoms with Gasteiger partial charge < -0.3 is 14.5 Å². The summed E-state index contributed by atoms with van der Waals surface area (Å²) < 4.78 is 6.73. The molecule has 0 aromatic carbocycles. The van der Waals surface area contributed by atoms with E-state index < -0.39 is 0 Å². The Hall–Kier alpha value is -1.88. The SMILES string of the molecule is COCC(=O)NCc1c(C)nc2ccccn12. The molecule has 0 spiro atoms. The van der Waals surface area contributed by atoms with Gasteiger partial charge in [-0.25, -0.2) is 4.98 Å². The van der Waals surface area contributed by atoms with Crippen LogP contribution in [0.15, 0.2) is 24.4 Å². The molecule has 5 nitrogen and oxygen atoms in total. The summed E-state index contributed by atoms with van der Waals surface area (Å²) in [7, 11) is 1.50. The second kappa shape index (κ2) is 4.97. The van der Waals surface area contributed by atoms with Crippen LogP contribution in [0.1, 0.15) is 11.4 Å². The maximum absolute atomic E-state index is 11.3. The molecule has 0 saturated carbocycles. The molecule has 17 heavy (non-hydrogen) atoms. The monoisotopic (exact) mass is 233 g/mol. The molecule has 2 heterocycles. The Morgan fingerprint density at radius 1 is 1.53 bits per heavy atom. The molecule has 2 aromatic heterocycles. The van der Waals surface area contributed by atoms with Crippen LogP contribution in [0, 0.1) is 6.92 Å². The molecule has 1 amide bonds. The Bertz CT molecular complexity index is 534. The van der Waals surface area contributed by atoms with Crippen molar-refractivity contribution < 1.29 is 9.53 Å². The van der Waals surface area contributed by atoms with Crippen LogP contribution in [0.5, 0.6) is 0 Å². The molecule has 2 rings (SSSR count). The number of ether oxygens (including phenoxy) is 1. The lowest BCUT2D eigenvalue weighted by molar-refractivity contribution is -0.124. The first-order valence-corrected chi connectivity index (χ1v) is 5.40. The molecule has 0 atom stereocenters. The van der Waals surface area contributed by atoms with E-state index in [2.05, 4.69) is 10.3 Å².